The van der Waals surface area contributed by atoms with Gasteiger partial charge in [-0.2, -0.15) is 11.8 Å². The van der Waals surface area contributed by atoms with Gasteiger partial charge in [-0.15, -0.1) is 0 Å². The maximum Gasteiger partial charge on any atom is 0.171 e. The monoisotopic (exact) mass is 332 g/mol. The molecule has 2 heterocycles. The third kappa shape index (κ3) is 3.04. The minimum absolute atomic E-state index is 0.0946. The molecule has 0 bridgehead atoms. The van der Waals surface area contributed by atoms with Gasteiger partial charge in [0.1, 0.15) is 16.1 Å². The van der Waals surface area contributed by atoms with Crippen molar-refractivity contribution in [3.63, 3.8) is 0 Å². The average molecular weight is 332 g/mol. The van der Waals surface area contributed by atoms with Gasteiger partial charge in [0.05, 0.1) is 0 Å². The first-order chi connectivity index (χ1) is 9.47. The number of rotatable bonds is 4. The van der Waals surface area contributed by atoms with Gasteiger partial charge in [0.15, 0.2) is 15.7 Å². The predicted octanol–water partition coefficient (Wildman–Crippen LogP) is 0.425. The number of thiocarbonyl (C=S) groups is 1. The Hall–Kier alpha value is -0.930. The Labute approximate surface area is 128 Å². The number of nitrogens with two attached hydrogens (primary N) is 1. The van der Waals surface area contributed by atoms with Crippen molar-refractivity contribution in [2.45, 2.75) is 12.3 Å². The molecule has 0 radical (unpaired) electrons. The molecule has 0 saturated carbocycles. The summed E-state index contributed by atoms with van der Waals surface area (Å²) in [6.45, 7) is 2.24. The lowest BCUT2D eigenvalue weighted by molar-refractivity contribution is 0.578. The zero-order valence-electron chi connectivity index (χ0n) is 11.0. The Morgan fingerprint density at radius 2 is 2.25 bits per heavy atom. The standard InChI is InChI=1S/C11H16N4O2S3/c1-2-20(16,17)8-7-19-6-5-15(8)11-9(10(12)18)13-3-4-14-11/h3-4,8H,2,5-7H2,1H3,(H2,12,18). The summed E-state index contributed by atoms with van der Waals surface area (Å²) in [7, 11) is -3.21. The van der Waals surface area contributed by atoms with E-state index in [-0.39, 0.29) is 10.7 Å². The van der Waals surface area contributed by atoms with Crippen LogP contribution in [0.15, 0.2) is 12.4 Å². The number of nitrogens with zero attached hydrogens (tertiary/aromatic N) is 3. The Kier molecular flexibility index (Phi) is 4.82. The molecule has 20 heavy (non-hydrogen) atoms. The third-order valence-corrected chi connectivity index (χ3v) is 6.57. The van der Waals surface area contributed by atoms with Crippen molar-refractivity contribution in [1.82, 2.24) is 9.97 Å². The summed E-state index contributed by atoms with van der Waals surface area (Å²) >= 11 is 6.60. The topological polar surface area (TPSA) is 89.2 Å². The molecule has 0 amide bonds. The number of hydrogen-bond donors (Lipinski definition) is 1. The van der Waals surface area contributed by atoms with Gasteiger partial charge in [0.25, 0.3) is 0 Å². The third-order valence-electron chi connectivity index (χ3n) is 3.09. The minimum Gasteiger partial charge on any atom is -0.388 e. The molecule has 9 heteroatoms. The molecule has 1 unspecified atom stereocenters. The fraction of sp³-hybridized carbons (Fsp3) is 0.545. The lowest BCUT2D eigenvalue weighted by atomic mass is 10.3. The molecular formula is C11H16N4O2S3. The zero-order valence-corrected chi connectivity index (χ0v) is 13.5. The van der Waals surface area contributed by atoms with E-state index >= 15 is 0 Å². The normalized spacial score (nSPS) is 19.9. The van der Waals surface area contributed by atoms with E-state index in [4.69, 9.17) is 18.0 Å². The van der Waals surface area contributed by atoms with Gasteiger partial charge >= 0.3 is 0 Å². The molecular weight excluding hydrogens is 316 g/mol. The molecule has 0 spiro atoms. The number of thioether (sulfide) groups is 1. The fourth-order valence-electron chi connectivity index (χ4n) is 2.03. The van der Waals surface area contributed by atoms with Crippen LogP contribution < -0.4 is 10.6 Å². The minimum atomic E-state index is -3.21. The molecule has 1 fully saturated rings. The van der Waals surface area contributed by atoms with Crippen molar-refractivity contribution in [3.05, 3.63) is 18.1 Å². The van der Waals surface area contributed by atoms with Crippen LogP contribution >= 0.6 is 24.0 Å². The number of anilines is 1. The molecule has 0 aliphatic carbocycles. The smallest absolute Gasteiger partial charge is 0.171 e. The van der Waals surface area contributed by atoms with Crippen LogP contribution in [0.2, 0.25) is 0 Å². The SMILES string of the molecule is CCS(=O)(=O)C1CSCCN1c1nccnc1C(N)=S. The molecule has 1 aliphatic rings. The van der Waals surface area contributed by atoms with Crippen LogP contribution in [0.3, 0.4) is 0 Å². The Balaban J connectivity index is 2.46. The molecule has 1 aromatic rings. The summed E-state index contributed by atoms with van der Waals surface area (Å²) in [5.41, 5.74) is 6.04. The van der Waals surface area contributed by atoms with Crippen molar-refractivity contribution in [3.8, 4) is 0 Å². The largest absolute Gasteiger partial charge is 0.388 e. The second-order valence-electron chi connectivity index (χ2n) is 4.27. The highest BCUT2D eigenvalue weighted by Crippen LogP contribution is 2.27. The zero-order chi connectivity index (χ0) is 14.8. The summed E-state index contributed by atoms with van der Waals surface area (Å²) in [5, 5.41) is -0.601. The van der Waals surface area contributed by atoms with Gasteiger partial charge < -0.3 is 10.6 Å². The number of aromatic nitrogens is 2. The van der Waals surface area contributed by atoms with Gasteiger partial charge in [0.2, 0.25) is 0 Å². The first-order valence-electron chi connectivity index (χ1n) is 6.14. The van der Waals surface area contributed by atoms with Crippen molar-refractivity contribution in [2.75, 3.05) is 28.7 Å². The maximum absolute atomic E-state index is 12.3. The highest BCUT2D eigenvalue weighted by molar-refractivity contribution is 8.01. The molecule has 110 valence electrons. The second kappa shape index (κ2) is 6.23. The van der Waals surface area contributed by atoms with Gasteiger partial charge in [0, 0.05) is 36.2 Å². The lowest BCUT2D eigenvalue weighted by Crippen LogP contribution is -2.49. The van der Waals surface area contributed by atoms with Crippen molar-refractivity contribution < 1.29 is 8.42 Å². The van der Waals surface area contributed by atoms with Crippen LogP contribution in [0.4, 0.5) is 5.82 Å². The van der Waals surface area contributed by atoms with Crippen molar-refractivity contribution >= 4 is 44.6 Å². The Morgan fingerprint density at radius 3 is 2.90 bits per heavy atom. The van der Waals surface area contributed by atoms with E-state index in [9.17, 15) is 8.42 Å². The molecule has 2 rings (SSSR count). The summed E-state index contributed by atoms with van der Waals surface area (Å²) in [6, 6.07) is 0. The molecule has 1 aromatic heterocycles. The van der Waals surface area contributed by atoms with E-state index in [0.29, 0.717) is 23.8 Å². The number of sulfone groups is 1. The Morgan fingerprint density at radius 1 is 1.55 bits per heavy atom. The van der Waals surface area contributed by atoms with Crippen LogP contribution in [-0.2, 0) is 9.84 Å². The first kappa shape index (κ1) is 15.5. The summed E-state index contributed by atoms with van der Waals surface area (Å²) < 4.78 is 24.5. The second-order valence-corrected chi connectivity index (χ2v) is 8.30. The van der Waals surface area contributed by atoms with E-state index in [1.807, 2.05) is 0 Å². The van der Waals surface area contributed by atoms with Crippen LogP contribution in [0.1, 0.15) is 12.6 Å². The number of hydrogen-bond acceptors (Lipinski definition) is 7. The van der Waals surface area contributed by atoms with Crippen molar-refractivity contribution in [2.24, 2.45) is 5.73 Å². The summed E-state index contributed by atoms with van der Waals surface area (Å²) in [6.07, 6.45) is 3.02. The molecule has 1 atom stereocenters. The molecule has 1 aliphatic heterocycles. The van der Waals surface area contributed by atoms with Gasteiger partial charge in [-0.3, -0.25) is 0 Å². The van der Waals surface area contributed by atoms with E-state index in [2.05, 4.69) is 9.97 Å². The maximum atomic E-state index is 12.3. The quantitative estimate of drug-likeness (QED) is 0.794. The van der Waals surface area contributed by atoms with E-state index in [0.717, 1.165) is 5.75 Å². The van der Waals surface area contributed by atoms with Gasteiger partial charge in [-0.25, -0.2) is 18.4 Å². The van der Waals surface area contributed by atoms with Crippen LogP contribution in [0, 0.1) is 0 Å². The van der Waals surface area contributed by atoms with E-state index < -0.39 is 15.2 Å². The molecule has 6 nitrogen and oxygen atoms in total. The summed E-state index contributed by atoms with van der Waals surface area (Å²) in [5.74, 6) is 1.91. The van der Waals surface area contributed by atoms with Gasteiger partial charge in [-0.1, -0.05) is 19.1 Å². The highest BCUT2D eigenvalue weighted by Gasteiger charge is 2.35. The van der Waals surface area contributed by atoms with Crippen LogP contribution in [0.5, 0.6) is 0 Å². The molecule has 0 aromatic carbocycles. The Bertz CT molecular complexity index is 605. The highest BCUT2D eigenvalue weighted by atomic mass is 32.2. The van der Waals surface area contributed by atoms with Crippen LogP contribution in [0.25, 0.3) is 0 Å². The van der Waals surface area contributed by atoms with Crippen molar-refractivity contribution in [1.29, 1.82) is 0 Å². The van der Waals surface area contributed by atoms with E-state index in [1.54, 1.807) is 23.6 Å². The van der Waals surface area contributed by atoms with Crippen LogP contribution in [-0.4, -0.2) is 52.6 Å². The average Bonchev–Trinajstić information content (AvgIpc) is 2.47. The fourth-order valence-corrected chi connectivity index (χ4v) is 5.14. The van der Waals surface area contributed by atoms with Gasteiger partial charge in [-0.05, 0) is 0 Å². The molecule has 2 N–H and O–H groups in total. The van der Waals surface area contributed by atoms with E-state index in [1.165, 1.54) is 12.4 Å². The predicted molar refractivity (Wildman–Crippen MR) is 85.8 cm³/mol. The summed E-state index contributed by atoms with van der Waals surface area (Å²) in [4.78, 5) is 10.3. The first-order valence-corrected chi connectivity index (χ1v) is 9.42. The molecule has 1 saturated heterocycles. The lowest BCUT2D eigenvalue weighted by Gasteiger charge is -2.36.